The van der Waals surface area contributed by atoms with E-state index in [1.807, 2.05) is 6.92 Å². The van der Waals surface area contributed by atoms with Crippen molar-refractivity contribution in [2.75, 3.05) is 29.3 Å². The van der Waals surface area contributed by atoms with Gasteiger partial charge in [-0.1, -0.05) is 13.0 Å². The lowest BCUT2D eigenvalue weighted by Gasteiger charge is -2.36. The summed E-state index contributed by atoms with van der Waals surface area (Å²) in [5.41, 5.74) is -1.48. The van der Waals surface area contributed by atoms with Crippen LogP contribution in [0.4, 0.5) is 29.3 Å². The summed E-state index contributed by atoms with van der Waals surface area (Å²) in [5.74, 6) is 0.230. The summed E-state index contributed by atoms with van der Waals surface area (Å²) < 4.78 is 79.3. The number of benzene rings is 2. The number of nitrogens with one attached hydrogen (secondary N) is 2. The molecule has 8 nitrogen and oxygen atoms in total. The standard InChI is InChI=1S/C24H30F3N3O5S/c1-5-28-12-11-18-15-30(36(32,33)19-8-6-7-16(13-19)24(25,26)27)20-14-17(9-10-21(20)34-18)29-22(31)35-23(2,3)4/h6-10,13-14,18,28H,5,11-12,15H2,1-4H3,(H,29,31). The van der Waals surface area contributed by atoms with Gasteiger partial charge in [0, 0.05) is 5.69 Å². The van der Waals surface area contributed by atoms with Gasteiger partial charge in [0.2, 0.25) is 0 Å². The third kappa shape index (κ3) is 6.82. The number of sulfonamides is 1. The SMILES string of the molecule is CCNCCC1CN(S(=O)(=O)c2cccc(C(F)(F)F)c2)c2cc(NC(=O)OC(C)(C)C)ccc2O1. The molecule has 1 heterocycles. The number of fused-ring (bicyclic) bond motifs is 1. The van der Waals surface area contributed by atoms with Gasteiger partial charge in [-0.3, -0.25) is 9.62 Å². The van der Waals surface area contributed by atoms with E-state index in [1.165, 1.54) is 18.2 Å². The van der Waals surface area contributed by atoms with Gasteiger partial charge >= 0.3 is 12.3 Å². The van der Waals surface area contributed by atoms with Crippen LogP contribution in [0.2, 0.25) is 0 Å². The lowest BCUT2D eigenvalue weighted by molar-refractivity contribution is -0.137. The van der Waals surface area contributed by atoms with Crippen LogP contribution in [-0.2, 0) is 20.9 Å². The Morgan fingerprint density at radius 3 is 2.53 bits per heavy atom. The number of carbonyl (C=O) groups is 1. The summed E-state index contributed by atoms with van der Waals surface area (Å²) in [7, 11) is -4.41. The van der Waals surface area contributed by atoms with E-state index in [1.54, 1.807) is 20.8 Å². The van der Waals surface area contributed by atoms with E-state index in [-0.39, 0.29) is 23.7 Å². The number of hydrogen-bond donors (Lipinski definition) is 2. The molecule has 1 atom stereocenters. The molecule has 1 aliphatic heterocycles. The minimum absolute atomic E-state index is 0.0978. The quantitative estimate of drug-likeness (QED) is 0.490. The Labute approximate surface area is 208 Å². The van der Waals surface area contributed by atoms with Gasteiger partial charge in [0.15, 0.2) is 0 Å². The molecule has 0 spiro atoms. The molecule has 0 fully saturated rings. The van der Waals surface area contributed by atoms with Gasteiger partial charge in [-0.2, -0.15) is 13.2 Å². The molecule has 2 aromatic carbocycles. The van der Waals surface area contributed by atoms with Crippen LogP contribution in [0.1, 0.15) is 39.7 Å². The fraction of sp³-hybridized carbons (Fsp3) is 0.458. The van der Waals surface area contributed by atoms with Crippen molar-refractivity contribution in [1.82, 2.24) is 5.32 Å². The van der Waals surface area contributed by atoms with Crippen molar-refractivity contribution in [2.24, 2.45) is 0 Å². The number of ether oxygens (including phenoxy) is 2. The first kappa shape index (κ1) is 27.6. The third-order valence-corrected chi connectivity index (χ3v) is 6.95. The molecule has 0 radical (unpaired) electrons. The van der Waals surface area contributed by atoms with Gasteiger partial charge in [-0.25, -0.2) is 13.2 Å². The average Bonchev–Trinajstić information content (AvgIpc) is 2.77. The second kappa shape index (κ2) is 10.6. The van der Waals surface area contributed by atoms with E-state index in [0.29, 0.717) is 19.0 Å². The normalized spacial score (nSPS) is 16.2. The Kier molecular flexibility index (Phi) is 8.09. The maximum Gasteiger partial charge on any atom is 0.416 e. The summed E-state index contributed by atoms with van der Waals surface area (Å²) in [4.78, 5) is 11.7. The zero-order chi connectivity index (χ0) is 26.7. The number of hydrogen-bond acceptors (Lipinski definition) is 6. The van der Waals surface area contributed by atoms with Crippen LogP contribution < -0.4 is 19.7 Å². The van der Waals surface area contributed by atoms with Crippen molar-refractivity contribution in [3.63, 3.8) is 0 Å². The number of amides is 1. The van der Waals surface area contributed by atoms with Gasteiger partial charge in [0.25, 0.3) is 10.0 Å². The summed E-state index contributed by atoms with van der Waals surface area (Å²) in [6.07, 6.45) is -5.51. The second-order valence-electron chi connectivity index (χ2n) is 9.25. The predicted octanol–water partition coefficient (Wildman–Crippen LogP) is 5.01. The Bertz CT molecular complexity index is 1200. The zero-order valence-corrected chi connectivity index (χ0v) is 21.3. The highest BCUT2D eigenvalue weighted by Gasteiger charge is 2.37. The number of carbonyl (C=O) groups excluding carboxylic acids is 1. The summed E-state index contributed by atoms with van der Waals surface area (Å²) in [6, 6.07) is 8.04. The van der Waals surface area contributed by atoms with E-state index in [2.05, 4.69) is 10.6 Å². The second-order valence-corrected chi connectivity index (χ2v) is 11.1. The van der Waals surface area contributed by atoms with Crippen molar-refractivity contribution in [3.05, 3.63) is 48.0 Å². The number of anilines is 2. The molecule has 36 heavy (non-hydrogen) atoms. The molecule has 2 N–H and O–H groups in total. The van der Waals surface area contributed by atoms with Gasteiger partial charge in [-0.05, 0) is 76.7 Å². The predicted molar refractivity (Wildman–Crippen MR) is 130 cm³/mol. The van der Waals surface area contributed by atoms with Crippen LogP contribution >= 0.6 is 0 Å². The number of halogens is 3. The highest BCUT2D eigenvalue weighted by Crippen LogP contribution is 2.40. The Morgan fingerprint density at radius 1 is 1.17 bits per heavy atom. The van der Waals surface area contributed by atoms with E-state index < -0.39 is 44.5 Å². The lowest BCUT2D eigenvalue weighted by atomic mass is 10.1. The molecule has 0 saturated carbocycles. The zero-order valence-electron chi connectivity index (χ0n) is 20.5. The smallest absolute Gasteiger partial charge is 0.416 e. The number of alkyl halides is 3. The van der Waals surface area contributed by atoms with Crippen LogP contribution in [0, 0.1) is 0 Å². The van der Waals surface area contributed by atoms with Crippen molar-refractivity contribution in [3.8, 4) is 5.75 Å². The maximum absolute atomic E-state index is 13.6. The Hall–Kier alpha value is -2.99. The molecule has 2 aromatic rings. The highest BCUT2D eigenvalue weighted by atomic mass is 32.2. The van der Waals surface area contributed by atoms with Crippen molar-refractivity contribution in [2.45, 2.75) is 56.9 Å². The minimum Gasteiger partial charge on any atom is -0.486 e. The minimum atomic E-state index is -4.70. The fourth-order valence-electron chi connectivity index (χ4n) is 3.59. The molecular weight excluding hydrogens is 499 g/mol. The first-order valence-corrected chi connectivity index (χ1v) is 12.9. The number of rotatable bonds is 7. The van der Waals surface area contributed by atoms with E-state index in [9.17, 15) is 26.4 Å². The van der Waals surface area contributed by atoms with Crippen LogP contribution in [-0.4, -0.2) is 45.9 Å². The number of nitrogens with zero attached hydrogens (tertiary/aromatic N) is 1. The first-order valence-electron chi connectivity index (χ1n) is 11.4. The molecule has 1 unspecified atom stereocenters. The van der Waals surface area contributed by atoms with Crippen molar-refractivity contribution in [1.29, 1.82) is 0 Å². The topological polar surface area (TPSA) is 97.0 Å². The molecular formula is C24H30F3N3O5S. The molecule has 0 saturated heterocycles. The summed E-state index contributed by atoms with van der Waals surface area (Å²) in [5, 5.41) is 5.69. The van der Waals surface area contributed by atoms with Crippen LogP contribution in [0.3, 0.4) is 0 Å². The molecule has 0 aromatic heterocycles. The van der Waals surface area contributed by atoms with E-state index in [4.69, 9.17) is 9.47 Å². The lowest BCUT2D eigenvalue weighted by Crippen LogP contribution is -2.44. The molecule has 0 aliphatic carbocycles. The van der Waals surface area contributed by atoms with Crippen molar-refractivity contribution >= 4 is 27.5 Å². The van der Waals surface area contributed by atoms with E-state index >= 15 is 0 Å². The average molecular weight is 530 g/mol. The van der Waals surface area contributed by atoms with Crippen LogP contribution in [0.25, 0.3) is 0 Å². The van der Waals surface area contributed by atoms with Crippen molar-refractivity contribution < 1.29 is 35.9 Å². The van der Waals surface area contributed by atoms with Gasteiger partial charge in [0.1, 0.15) is 17.5 Å². The third-order valence-electron chi connectivity index (χ3n) is 5.18. The first-order chi connectivity index (χ1) is 16.7. The Morgan fingerprint density at radius 2 is 1.89 bits per heavy atom. The van der Waals surface area contributed by atoms with Gasteiger partial charge in [0.05, 0.1) is 22.7 Å². The molecule has 0 bridgehead atoms. The highest BCUT2D eigenvalue weighted by molar-refractivity contribution is 7.92. The molecule has 12 heteroatoms. The molecule has 1 amide bonds. The molecule has 3 rings (SSSR count). The summed E-state index contributed by atoms with van der Waals surface area (Å²) >= 11 is 0. The van der Waals surface area contributed by atoms with Gasteiger partial charge < -0.3 is 14.8 Å². The monoisotopic (exact) mass is 529 g/mol. The van der Waals surface area contributed by atoms with Gasteiger partial charge in [-0.15, -0.1) is 0 Å². The summed E-state index contributed by atoms with van der Waals surface area (Å²) in [6.45, 7) is 8.19. The molecule has 1 aliphatic rings. The maximum atomic E-state index is 13.6. The fourth-order valence-corrected chi connectivity index (χ4v) is 5.13. The Balaban J connectivity index is 2.00. The molecule has 198 valence electrons. The largest absolute Gasteiger partial charge is 0.486 e. The van der Waals surface area contributed by atoms with Crippen LogP contribution in [0.5, 0.6) is 5.75 Å². The van der Waals surface area contributed by atoms with E-state index in [0.717, 1.165) is 29.0 Å². The van der Waals surface area contributed by atoms with Crippen LogP contribution in [0.15, 0.2) is 47.4 Å².